The number of amides is 1. The van der Waals surface area contributed by atoms with Crippen LogP contribution in [0.15, 0.2) is 18.2 Å². The molecule has 8 heteroatoms. The first-order valence-corrected chi connectivity index (χ1v) is 8.03. The van der Waals surface area contributed by atoms with Crippen LogP contribution in [0.1, 0.15) is 61.0 Å². The number of rotatable bonds is 3. The van der Waals surface area contributed by atoms with Crippen molar-refractivity contribution in [3.05, 3.63) is 34.9 Å². The fraction of sp³-hybridized carbons (Fsp3) is 0.588. The van der Waals surface area contributed by atoms with E-state index in [0.29, 0.717) is 25.0 Å². The second-order valence-corrected chi connectivity index (χ2v) is 6.54. The van der Waals surface area contributed by atoms with E-state index in [1.165, 1.54) is 4.90 Å². The van der Waals surface area contributed by atoms with Crippen LogP contribution < -0.4 is 0 Å². The number of hydrogen-bond acceptors (Lipinski definition) is 1. The van der Waals surface area contributed by atoms with Crippen LogP contribution in [0.25, 0.3) is 0 Å². The summed E-state index contributed by atoms with van der Waals surface area (Å²) in [4.78, 5) is 14.1. The Morgan fingerprint density at radius 2 is 1.40 bits per heavy atom. The van der Waals surface area contributed by atoms with Crippen LogP contribution in [0.3, 0.4) is 0 Å². The Kier molecular flexibility index (Phi) is 5.39. The van der Waals surface area contributed by atoms with Crippen LogP contribution in [0.5, 0.6) is 0 Å². The first-order chi connectivity index (χ1) is 11.4. The molecule has 0 aromatic heterocycles. The molecule has 0 atom stereocenters. The Morgan fingerprint density at radius 1 is 0.960 bits per heavy atom. The summed E-state index contributed by atoms with van der Waals surface area (Å²) < 4.78 is 77.8. The molecular weight excluding hydrogens is 348 g/mol. The van der Waals surface area contributed by atoms with Gasteiger partial charge < -0.3 is 4.90 Å². The number of hydrogen-bond donors (Lipinski definition) is 0. The summed E-state index contributed by atoms with van der Waals surface area (Å²) in [5, 5.41) is 0. The number of halogens is 6. The molecule has 0 heterocycles. The van der Waals surface area contributed by atoms with Gasteiger partial charge in [0, 0.05) is 17.6 Å². The van der Waals surface area contributed by atoms with Crippen molar-refractivity contribution in [3.63, 3.8) is 0 Å². The van der Waals surface area contributed by atoms with Crippen LogP contribution in [0, 0.1) is 0 Å². The molecule has 1 aromatic carbocycles. The monoisotopic (exact) mass is 367 g/mol. The molecule has 1 saturated carbocycles. The van der Waals surface area contributed by atoms with Gasteiger partial charge >= 0.3 is 12.4 Å². The third kappa shape index (κ3) is 4.46. The third-order valence-corrected chi connectivity index (χ3v) is 4.34. The zero-order chi connectivity index (χ0) is 19.0. The average Bonchev–Trinajstić information content (AvgIpc) is 2.98. The predicted octanol–water partition coefficient (Wildman–Crippen LogP) is 5.52. The van der Waals surface area contributed by atoms with E-state index in [-0.39, 0.29) is 18.2 Å². The highest BCUT2D eigenvalue weighted by atomic mass is 19.4. The highest BCUT2D eigenvalue weighted by molar-refractivity contribution is 5.95. The van der Waals surface area contributed by atoms with Gasteiger partial charge in [0.25, 0.3) is 5.91 Å². The van der Waals surface area contributed by atoms with Crippen molar-refractivity contribution >= 4 is 5.91 Å². The fourth-order valence-electron chi connectivity index (χ4n) is 3.23. The lowest BCUT2D eigenvalue weighted by Gasteiger charge is -2.33. The van der Waals surface area contributed by atoms with Gasteiger partial charge in [-0.2, -0.15) is 26.3 Å². The molecule has 2 nitrogen and oxygen atoms in total. The Bertz CT molecular complexity index is 597. The largest absolute Gasteiger partial charge is 0.416 e. The Morgan fingerprint density at radius 3 is 1.76 bits per heavy atom. The lowest BCUT2D eigenvalue weighted by atomic mass is 10.0. The van der Waals surface area contributed by atoms with Crippen molar-refractivity contribution in [3.8, 4) is 0 Å². The molecule has 0 radical (unpaired) electrons. The number of benzene rings is 1. The van der Waals surface area contributed by atoms with Crippen LogP contribution in [0.2, 0.25) is 0 Å². The Labute approximate surface area is 141 Å². The first-order valence-electron chi connectivity index (χ1n) is 8.03. The van der Waals surface area contributed by atoms with Crippen molar-refractivity contribution in [2.45, 2.75) is 64.0 Å². The molecule has 0 bridgehead atoms. The van der Waals surface area contributed by atoms with Gasteiger partial charge in [0.05, 0.1) is 11.1 Å². The lowest BCUT2D eigenvalue weighted by Crippen LogP contribution is -2.43. The Hall–Kier alpha value is -1.73. The highest BCUT2D eigenvalue weighted by Gasteiger charge is 2.38. The van der Waals surface area contributed by atoms with Crippen molar-refractivity contribution in [1.29, 1.82) is 0 Å². The normalized spacial score (nSPS) is 16.5. The van der Waals surface area contributed by atoms with Crippen LogP contribution >= 0.6 is 0 Å². The number of carbonyl (C=O) groups excluding carboxylic acids is 1. The second kappa shape index (κ2) is 6.88. The van der Waals surface area contributed by atoms with Gasteiger partial charge in [-0.1, -0.05) is 12.8 Å². The summed E-state index contributed by atoms with van der Waals surface area (Å²) in [6.45, 7) is 3.41. The van der Waals surface area contributed by atoms with E-state index >= 15 is 0 Å². The predicted molar refractivity (Wildman–Crippen MR) is 80.0 cm³/mol. The van der Waals surface area contributed by atoms with Gasteiger partial charge in [-0.3, -0.25) is 4.79 Å². The van der Waals surface area contributed by atoms with E-state index in [0.717, 1.165) is 12.8 Å². The van der Waals surface area contributed by atoms with Crippen LogP contribution in [0.4, 0.5) is 26.3 Å². The topological polar surface area (TPSA) is 20.3 Å². The molecule has 0 spiro atoms. The smallest absolute Gasteiger partial charge is 0.333 e. The van der Waals surface area contributed by atoms with Gasteiger partial charge in [-0.25, -0.2) is 0 Å². The van der Waals surface area contributed by atoms with Crippen molar-refractivity contribution in [1.82, 2.24) is 4.90 Å². The molecule has 0 aliphatic heterocycles. The Balaban J connectivity index is 2.50. The summed E-state index contributed by atoms with van der Waals surface area (Å²) in [6, 6.07) is 0.562. The van der Waals surface area contributed by atoms with Gasteiger partial charge in [-0.05, 0) is 44.9 Å². The van der Waals surface area contributed by atoms with Gasteiger partial charge in [0.15, 0.2) is 0 Å². The van der Waals surface area contributed by atoms with E-state index in [9.17, 15) is 31.1 Å². The lowest BCUT2D eigenvalue weighted by molar-refractivity contribution is -0.143. The highest BCUT2D eigenvalue weighted by Crippen LogP contribution is 2.37. The molecule has 0 N–H and O–H groups in total. The van der Waals surface area contributed by atoms with Crippen molar-refractivity contribution in [2.75, 3.05) is 0 Å². The molecule has 1 aliphatic carbocycles. The molecule has 25 heavy (non-hydrogen) atoms. The maximum atomic E-state index is 13.0. The van der Waals surface area contributed by atoms with E-state index in [2.05, 4.69) is 0 Å². The molecule has 0 unspecified atom stereocenters. The van der Waals surface area contributed by atoms with Crippen molar-refractivity contribution < 1.29 is 31.1 Å². The molecule has 1 aromatic rings. The van der Waals surface area contributed by atoms with Crippen LogP contribution in [-0.2, 0) is 12.4 Å². The van der Waals surface area contributed by atoms with Gasteiger partial charge in [0.1, 0.15) is 0 Å². The van der Waals surface area contributed by atoms with Crippen LogP contribution in [-0.4, -0.2) is 22.9 Å². The zero-order valence-corrected chi connectivity index (χ0v) is 13.8. The molecule has 1 aliphatic rings. The summed E-state index contributed by atoms with van der Waals surface area (Å²) >= 11 is 0. The molecule has 2 rings (SSSR count). The summed E-state index contributed by atoms with van der Waals surface area (Å²) in [7, 11) is 0. The van der Waals surface area contributed by atoms with Gasteiger partial charge in [0.2, 0.25) is 0 Å². The maximum Gasteiger partial charge on any atom is 0.416 e. The van der Waals surface area contributed by atoms with Crippen molar-refractivity contribution in [2.24, 2.45) is 0 Å². The molecule has 0 saturated heterocycles. The van der Waals surface area contributed by atoms with E-state index in [1.54, 1.807) is 13.8 Å². The summed E-state index contributed by atoms with van der Waals surface area (Å²) in [5.74, 6) is -0.793. The quantitative estimate of drug-likeness (QED) is 0.645. The fourth-order valence-corrected chi connectivity index (χ4v) is 3.23. The van der Waals surface area contributed by atoms with E-state index in [1.807, 2.05) is 0 Å². The standard InChI is InChI=1S/C17H19F6NO/c1-10(2)24(14-5-3-4-6-14)15(25)11-7-12(16(18,19)20)9-13(8-11)17(21,22)23/h7-10,14H,3-6H2,1-2H3. The van der Waals surface area contributed by atoms with E-state index in [4.69, 9.17) is 0 Å². The minimum absolute atomic E-state index is 0.0338. The number of alkyl halides is 6. The second-order valence-electron chi connectivity index (χ2n) is 6.54. The van der Waals surface area contributed by atoms with Gasteiger partial charge in [-0.15, -0.1) is 0 Å². The van der Waals surface area contributed by atoms with E-state index < -0.39 is 35.0 Å². The zero-order valence-electron chi connectivity index (χ0n) is 13.8. The SMILES string of the molecule is CC(C)N(C(=O)c1cc(C(F)(F)F)cc(C(F)(F)F)c1)C1CCCC1. The molecule has 140 valence electrons. The molecule has 1 fully saturated rings. The third-order valence-electron chi connectivity index (χ3n) is 4.34. The minimum Gasteiger partial charge on any atom is -0.333 e. The summed E-state index contributed by atoms with van der Waals surface area (Å²) in [6.07, 6.45) is -6.75. The molecular formula is C17H19F6NO. The summed E-state index contributed by atoms with van der Waals surface area (Å²) in [5.41, 5.74) is -3.52. The first kappa shape index (κ1) is 19.6. The number of carbonyl (C=O) groups is 1. The molecule has 1 amide bonds. The number of nitrogens with zero attached hydrogens (tertiary/aromatic N) is 1. The minimum atomic E-state index is -4.97. The average molecular weight is 367 g/mol. The maximum absolute atomic E-state index is 13.0.